The first-order valence-corrected chi connectivity index (χ1v) is 6.39. The molecule has 5 nitrogen and oxygen atoms in total. The van der Waals surface area contributed by atoms with Crippen molar-refractivity contribution in [1.82, 2.24) is 10.2 Å². The summed E-state index contributed by atoms with van der Waals surface area (Å²) in [5, 5.41) is 11.4. The van der Waals surface area contributed by atoms with Gasteiger partial charge in [-0.05, 0) is 38.1 Å². The van der Waals surface area contributed by atoms with Crippen molar-refractivity contribution in [3.63, 3.8) is 0 Å². The van der Waals surface area contributed by atoms with E-state index in [1.807, 2.05) is 0 Å². The highest BCUT2D eigenvalue weighted by molar-refractivity contribution is 7.15. The normalized spacial score (nSPS) is 11.9. The largest absolute Gasteiger partial charge is 0.481 e. The topological polar surface area (TPSA) is 64.1 Å². The van der Waals surface area contributed by atoms with Crippen LogP contribution in [0, 0.1) is 12.7 Å². The van der Waals surface area contributed by atoms with E-state index in [1.165, 1.54) is 35.6 Å². The van der Waals surface area contributed by atoms with E-state index < -0.39 is 6.10 Å². The minimum Gasteiger partial charge on any atom is -0.481 e. The fraction of sp³-hybridized carbons (Fsp3) is 0.250. The average molecular weight is 281 g/mol. The van der Waals surface area contributed by atoms with Crippen molar-refractivity contribution in [2.75, 3.05) is 5.32 Å². The van der Waals surface area contributed by atoms with Crippen molar-refractivity contribution in [2.24, 2.45) is 0 Å². The second-order valence-electron chi connectivity index (χ2n) is 3.83. The lowest BCUT2D eigenvalue weighted by molar-refractivity contribution is -0.122. The minimum atomic E-state index is -0.713. The lowest BCUT2D eigenvalue weighted by atomic mass is 10.3. The molecule has 0 aliphatic carbocycles. The molecular weight excluding hydrogens is 269 g/mol. The van der Waals surface area contributed by atoms with Gasteiger partial charge in [0.05, 0.1) is 0 Å². The van der Waals surface area contributed by atoms with Gasteiger partial charge in [0.15, 0.2) is 6.10 Å². The number of halogens is 1. The van der Waals surface area contributed by atoms with Gasteiger partial charge in [0.25, 0.3) is 5.91 Å². The van der Waals surface area contributed by atoms with Gasteiger partial charge in [-0.15, -0.1) is 10.2 Å². The molecule has 2 aromatic rings. The van der Waals surface area contributed by atoms with Crippen molar-refractivity contribution >= 4 is 22.4 Å². The van der Waals surface area contributed by atoms with Gasteiger partial charge in [-0.2, -0.15) is 0 Å². The number of carbonyl (C=O) groups excluding carboxylic acids is 1. The summed E-state index contributed by atoms with van der Waals surface area (Å²) in [6.07, 6.45) is -0.713. The molecule has 0 radical (unpaired) electrons. The molecule has 0 aliphatic heterocycles. The molecule has 1 amide bonds. The third-order valence-corrected chi connectivity index (χ3v) is 3.01. The number of hydrogen-bond donors (Lipinski definition) is 1. The van der Waals surface area contributed by atoms with Crippen LogP contribution in [-0.2, 0) is 4.79 Å². The fourth-order valence-corrected chi connectivity index (χ4v) is 1.92. The van der Waals surface area contributed by atoms with Gasteiger partial charge >= 0.3 is 0 Å². The summed E-state index contributed by atoms with van der Waals surface area (Å²) in [7, 11) is 0. The third kappa shape index (κ3) is 3.72. The maximum Gasteiger partial charge on any atom is 0.266 e. The van der Waals surface area contributed by atoms with Gasteiger partial charge < -0.3 is 4.74 Å². The zero-order chi connectivity index (χ0) is 13.8. The molecule has 2 rings (SSSR count). The Bertz CT molecular complexity index is 571. The van der Waals surface area contributed by atoms with E-state index in [0.29, 0.717) is 10.9 Å². The standard InChI is InChI=1S/C12H12FN3O2S/c1-7(18-10-5-3-9(13)4-6-10)11(17)14-12-16-15-8(2)19-12/h3-7H,1-2H3,(H,14,16,17)/t7-/m0/s1. The summed E-state index contributed by atoms with van der Waals surface area (Å²) in [4.78, 5) is 11.8. The molecular formula is C12H12FN3O2S. The van der Waals surface area contributed by atoms with Crippen molar-refractivity contribution in [1.29, 1.82) is 0 Å². The van der Waals surface area contributed by atoms with E-state index in [4.69, 9.17) is 4.74 Å². The summed E-state index contributed by atoms with van der Waals surface area (Å²) in [5.74, 6) is -0.258. The summed E-state index contributed by atoms with van der Waals surface area (Å²) >= 11 is 1.28. The molecule has 1 heterocycles. The number of aromatic nitrogens is 2. The van der Waals surface area contributed by atoms with Crippen LogP contribution in [0.5, 0.6) is 5.75 Å². The van der Waals surface area contributed by atoms with Crippen LogP contribution in [0.15, 0.2) is 24.3 Å². The maximum absolute atomic E-state index is 12.7. The van der Waals surface area contributed by atoms with E-state index in [0.717, 1.165) is 5.01 Å². The third-order valence-electron chi connectivity index (χ3n) is 2.25. The van der Waals surface area contributed by atoms with E-state index >= 15 is 0 Å². The van der Waals surface area contributed by atoms with Gasteiger partial charge in [-0.1, -0.05) is 11.3 Å². The number of amides is 1. The molecule has 19 heavy (non-hydrogen) atoms. The number of anilines is 1. The molecule has 0 bridgehead atoms. The highest BCUT2D eigenvalue weighted by Gasteiger charge is 2.16. The predicted molar refractivity (Wildman–Crippen MR) is 69.8 cm³/mol. The van der Waals surface area contributed by atoms with Gasteiger partial charge in [0.1, 0.15) is 16.6 Å². The Morgan fingerprint density at radius 2 is 2.05 bits per heavy atom. The molecule has 1 atom stereocenters. The quantitative estimate of drug-likeness (QED) is 0.934. The molecule has 7 heteroatoms. The molecule has 1 aromatic heterocycles. The lowest BCUT2D eigenvalue weighted by Crippen LogP contribution is -2.30. The van der Waals surface area contributed by atoms with E-state index in [9.17, 15) is 9.18 Å². The van der Waals surface area contributed by atoms with Crippen molar-refractivity contribution in [2.45, 2.75) is 20.0 Å². The first-order valence-electron chi connectivity index (χ1n) is 5.58. The second kappa shape index (κ2) is 5.75. The fourth-order valence-electron chi connectivity index (χ4n) is 1.32. The van der Waals surface area contributed by atoms with Crippen molar-refractivity contribution in [3.8, 4) is 5.75 Å². The van der Waals surface area contributed by atoms with Gasteiger partial charge in [0.2, 0.25) is 5.13 Å². The number of nitrogens with zero attached hydrogens (tertiary/aromatic N) is 2. The zero-order valence-corrected chi connectivity index (χ0v) is 11.2. The first-order chi connectivity index (χ1) is 9.04. The van der Waals surface area contributed by atoms with Crippen LogP contribution in [0.4, 0.5) is 9.52 Å². The summed E-state index contributed by atoms with van der Waals surface area (Å²) in [6.45, 7) is 3.40. The van der Waals surface area contributed by atoms with Crippen LogP contribution in [0.2, 0.25) is 0 Å². The van der Waals surface area contributed by atoms with E-state index in [1.54, 1.807) is 13.8 Å². The zero-order valence-electron chi connectivity index (χ0n) is 10.4. The summed E-state index contributed by atoms with van der Waals surface area (Å²) in [6, 6.07) is 5.48. The van der Waals surface area contributed by atoms with Crippen LogP contribution >= 0.6 is 11.3 Å². The molecule has 0 unspecified atom stereocenters. The second-order valence-corrected chi connectivity index (χ2v) is 5.01. The first kappa shape index (κ1) is 13.4. The van der Waals surface area contributed by atoms with E-state index in [2.05, 4.69) is 15.5 Å². The molecule has 0 spiro atoms. The van der Waals surface area contributed by atoms with Gasteiger partial charge in [-0.25, -0.2) is 4.39 Å². The number of carbonyl (C=O) groups is 1. The van der Waals surface area contributed by atoms with E-state index in [-0.39, 0.29) is 11.7 Å². The van der Waals surface area contributed by atoms with Crippen LogP contribution in [0.3, 0.4) is 0 Å². The highest BCUT2D eigenvalue weighted by atomic mass is 32.1. The Labute approximate surface area is 113 Å². The molecule has 0 saturated carbocycles. The predicted octanol–water partition coefficient (Wildman–Crippen LogP) is 2.39. The monoisotopic (exact) mass is 281 g/mol. The lowest BCUT2D eigenvalue weighted by Gasteiger charge is -2.13. The molecule has 1 N–H and O–H groups in total. The number of nitrogens with one attached hydrogen (secondary N) is 1. The smallest absolute Gasteiger partial charge is 0.266 e. The summed E-state index contributed by atoms with van der Waals surface area (Å²) < 4.78 is 18.1. The molecule has 0 saturated heterocycles. The molecule has 1 aromatic carbocycles. The van der Waals surface area contributed by atoms with Crippen molar-refractivity contribution < 1.29 is 13.9 Å². The Hall–Kier alpha value is -2.02. The van der Waals surface area contributed by atoms with Crippen molar-refractivity contribution in [3.05, 3.63) is 35.1 Å². The highest BCUT2D eigenvalue weighted by Crippen LogP contribution is 2.16. The Balaban J connectivity index is 1.94. The van der Waals surface area contributed by atoms with Gasteiger partial charge in [0, 0.05) is 0 Å². The van der Waals surface area contributed by atoms with Crippen LogP contribution < -0.4 is 10.1 Å². The molecule has 0 fully saturated rings. The SMILES string of the molecule is Cc1nnc(NC(=O)[C@H](C)Oc2ccc(F)cc2)s1. The number of ether oxygens (including phenoxy) is 1. The minimum absolute atomic E-state index is 0.333. The number of aryl methyl sites for hydroxylation is 1. The average Bonchev–Trinajstić information content (AvgIpc) is 2.77. The number of rotatable bonds is 4. The summed E-state index contributed by atoms with van der Waals surface area (Å²) in [5.41, 5.74) is 0. The van der Waals surface area contributed by atoms with Crippen LogP contribution in [0.1, 0.15) is 11.9 Å². The Kier molecular flexibility index (Phi) is 4.06. The number of benzene rings is 1. The van der Waals surface area contributed by atoms with Gasteiger partial charge in [-0.3, -0.25) is 10.1 Å². The van der Waals surface area contributed by atoms with Crippen LogP contribution in [0.25, 0.3) is 0 Å². The Morgan fingerprint density at radius 1 is 1.37 bits per heavy atom. The van der Waals surface area contributed by atoms with Crippen LogP contribution in [-0.4, -0.2) is 22.2 Å². The molecule has 100 valence electrons. The Morgan fingerprint density at radius 3 is 2.63 bits per heavy atom. The number of hydrogen-bond acceptors (Lipinski definition) is 5. The maximum atomic E-state index is 12.7. The molecule has 0 aliphatic rings.